The highest BCUT2D eigenvalue weighted by atomic mass is 35.5. The molecule has 0 aliphatic heterocycles. The van der Waals surface area contributed by atoms with Crippen LogP contribution in [-0.2, 0) is 0 Å². The monoisotopic (exact) mass is 263 g/mol. The van der Waals surface area contributed by atoms with Crippen molar-refractivity contribution in [2.75, 3.05) is 0 Å². The van der Waals surface area contributed by atoms with Crippen molar-refractivity contribution in [1.82, 2.24) is 4.98 Å². The van der Waals surface area contributed by atoms with Crippen molar-refractivity contribution in [3.63, 3.8) is 0 Å². The standard InChI is InChI=1S/C14H14ClNO2/c1-9-3-5-12(15)7-13(9)18-14-6-4-11(8-16-14)10(2)17/h3-8,10,17H,1-2H3/t10-/m1/s1. The van der Waals surface area contributed by atoms with Gasteiger partial charge in [-0.25, -0.2) is 4.98 Å². The fourth-order valence-corrected chi connectivity index (χ4v) is 1.66. The molecule has 0 unspecified atom stereocenters. The topological polar surface area (TPSA) is 42.4 Å². The van der Waals surface area contributed by atoms with Gasteiger partial charge in [-0.05, 0) is 43.2 Å². The Morgan fingerprint density at radius 3 is 2.67 bits per heavy atom. The number of hydrogen-bond donors (Lipinski definition) is 1. The summed E-state index contributed by atoms with van der Waals surface area (Å²) < 4.78 is 5.65. The van der Waals surface area contributed by atoms with Gasteiger partial charge in [0.25, 0.3) is 0 Å². The molecule has 1 heterocycles. The highest BCUT2D eigenvalue weighted by Gasteiger charge is 2.05. The van der Waals surface area contributed by atoms with Crippen LogP contribution in [0.1, 0.15) is 24.2 Å². The summed E-state index contributed by atoms with van der Waals surface area (Å²) in [6, 6.07) is 8.96. The SMILES string of the molecule is Cc1ccc(Cl)cc1Oc1ccc([C@@H](C)O)cn1. The lowest BCUT2D eigenvalue weighted by Crippen LogP contribution is -1.94. The maximum atomic E-state index is 9.39. The normalized spacial score (nSPS) is 12.2. The van der Waals surface area contributed by atoms with Gasteiger partial charge in [0.05, 0.1) is 6.10 Å². The lowest BCUT2D eigenvalue weighted by molar-refractivity contribution is 0.198. The third kappa shape index (κ3) is 3.00. The summed E-state index contributed by atoms with van der Waals surface area (Å²) in [5, 5.41) is 10.0. The molecule has 4 heteroatoms. The van der Waals surface area contributed by atoms with Crippen molar-refractivity contribution in [3.8, 4) is 11.6 Å². The van der Waals surface area contributed by atoms with Crippen LogP contribution >= 0.6 is 11.6 Å². The van der Waals surface area contributed by atoms with E-state index in [1.54, 1.807) is 31.3 Å². The molecule has 0 aliphatic rings. The Bertz CT molecular complexity index is 538. The van der Waals surface area contributed by atoms with Crippen molar-refractivity contribution >= 4 is 11.6 Å². The van der Waals surface area contributed by atoms with Crippen molar-refractivity contribution in [1.29, 1.82) is 0 Å². The number of hydrogen-bond acceptors (Lipinski definition) is 3. The molecule has 2 rings (SSSR count). The van der Waals surface area contributed by atoms with Gasteiger partial charge >= 0.3 is 0 Å². The highest BCUT2D eigenvalue weighted by Crippen LogP contribution is 2.27. The van der Waals surface area contributed by atoms with Crippen molar-refractivity contribution in [2.45, 2.75) is 20.0 Å². The van der Waals surface area contributed by atoms with Crippen LogP contribution in [0.3, 0.4) is 0 Å². The number of pyridine rings is 1. The predicted molar refractivity (Wildman–Crippen MR) is 71.1 cm³/mol. The van der Waals surface area contributed by atoms with Gasteiger partial charge in [0, 0.05) is 17.3 Å². The second-order valence-electron chi connectivity index (χ2n) is 4.12. The molecule has 0 radical (unpaired) electrons. The smallest absolute Gasteiger partial charge is 0.219 e. The van der Waals surface area contributed by atoms with Crippen molar-refractivity contribution in [3.05, 3.63) is 52.7 Å². The molecule has 1 N–H and O–H groups in total. The van der Waals surface area contributed by atoms with Gasteiger partial charge in [0.15, 0.2) is 0 Å². The van der Waals surface area contributed by atoms with Crippen LogP contribution in [0.15, 0.2) is 36.5 Å². The molecule has 0 aliphatic carbocycles. The van der Waals surface area contributed by atoms with Gasteiger partial charge in [-0.1, -0.05) is 17.7 Å². The van der Waals surface area contributed by atoms with E-state index in [1.807, 2.05) is 19.1 Å². The summed E-state index contributed by atoms with van der Waals surface area (Å²) in [6.07, 6.45) is 1.07. The number of benzene rings is 1. The average molecular weight is 264 g/mol. The van der Waals surface area contributed by atoms with E-state index in [-0.39, 0.29) is 0 Å². The Hall–Kier alpha value is -1.58. The second-order valence-corrected chi connectivity index (χ2v) is 4.55. The predicted octanol–water partition coefficient (Wildman–Crippen LogP) is 3.89. The number of aliphatic hydroxyl groups is 1. The van der Waals surface area contributed by atoms with Crippen LogP contribution in [-0.4, -0.2) is 10.1 Å². The first-order chi connectivity index (χ1) is 8.56. The van der Waals surface area contributed by atoms with Crippen LogP contribution in [0.4, 0.5) is 0 Å². The molecule has 94 valence electrons. The fraction of sp³-hybridized carbons (Fsp3) is 0.214. The van der Waals surface area contributed by atoms with E-state index < -0.39 is 6.10 Å². The van der Waals surface area contributed by atoms with E-state index in [9.17, 15) is 5.11 Å². The molecule has 18 heavy (non-hydrogen) atoms. The zero-order valence-electron chi connectivity index (χ0n) is 10.2. The zero-order chi connectivity index (χ0) is 13.1. The number of halogens is 1. The first-order valence-corrected chi connectivity index (χ1v) is 6.02. The minimum atomic E-state index is -0.528. The minimum absolute atomic E-state index is 0.477. The van der Waals surface area contributed by atoms with Gasteiger partial charge in [-0.15, -0.1) is 0 Å². The van der Waals surface area contributed by atoms with E-state index >= 15 is 0 Å². The summed E-state index contributed by atoms with van der Waals surface area (Å²) >= 11 is 5.92. The molecular formula is C14H14ClNO2. The molecule has 2 aromatic rings. The summed E-state index contributed by atoms with van der Waals surface area (Å²) in [7, 11) is 0. The van der Waals surface area contributed by atoms with E-state index in [0.29, 0.717) is 16.7 Å². The van der Waals surface area contributed by atoms with Gasteiger partial charge in [0.2, 0.25) is 5.88 Å². The maximum Gasteiger partial charge on any atom is 0.219 e. The zero-order valence-corrected chi connectivity index (χ0v) is 11.0. The minimum Gasteiger partial charge on any atom is -0.439 e. The maximum absolute atomic E-state index is 9.39. The molecule has 0 spiro atoms. The summed E-state index contributed by atoms with van der Waals surface area (Å²) in [6.45, 7) is 3.63. The van der Waals surface area contributed by atoms with E-state index in [2.05, 4.69) is 4.98 Å². The summed E-state index contributed by atoms with van der Waals surface area (Å²) in [5.41, 5.74) is 1.74. The fourth-order valence-electron chi connectivity index (χ4n) is 1.50. The quantitative estimate of drug-likeness (QED) is 0.914. The molecule has 1 aromatic heterocycles. The largest absolute Gasteiger partial charge is 0.439 e. The number of aryl methyl sites for hydroxylation is 1. The average Bonchev–Trinajstić information content (AvgIpc) is 2.34. The molecule has 0 bridgehead atoms. The number of aliphatic hydroxyl groups excluding tert-OH is 1. The highest BCUT2D eigenvalue weighted by molar-refractivity contribution is 6.30. The van der Waals surface area contributed by atoms with Gasteiger partial charge in [0.1, 0.15) is 5.75 Å². The number of rotatable bonds is 3. The molecule has 1 atom stereocenters. The Kier molecular flexibility index (Phi) is 3.84. The lowest BCUT2D eigenvalue weighted by atomic mass is 10.2. The molecule has 3 nitrogen and oxygen atoms in total. The van der Waals surface area contributed by atoms with Crippen LogP contribution in [0.25, 0.3) is 0 Å². The van der Waals surface area contributed by atoms with Crippen LogP contribution < -0.4 is 4.74 Å². The van der Waals surface area contributed by atoms with E-state index in [4.69, 9.17) is 16.3 Å². The molecule has 1 aromatic carbocycles. The van der Waals surface area contributed by atoms with Crippen LogP contribution in [0.2, 0.25) is 5.02 Å². The molecular weight excluding hydrogens is 250 g/mol. The van der Waals surface area contributed by atoms with Crippen LogP contribution in [0, 0.1) is 6.92 Å². The lowest BCUT2D eigenvalue weighted by Gasteiger charge is -2.09. The Balaban J connectivity index is 2.21. The molecule has 0 amide bonds. The summed E-state index contributed by atoms with van der Waals surface area (Å²) in [4.78, 5) is 4.14. The first-order valence-electron chi connectivity index (χ1n) is 5.64. The van der Waals surface area contributed by atoms with E-state index in [1.165, 1.54) is 0 Å². The third-order valence-electron chi connectivity index (χ3n) is 2.61. The van der Waals surface area contributed by atoms with Crippen molar-refractivity contribution < 1.29 is 9.84 Å². The van der Waals surface area contributed by atoms with Gasteiger partial charge in [-0.3, -0.25) is 0 Å². The van der Waals surface area contributed by atoms with Gasteiger partial charge < -0.3 is 9.84 Å². The number of nitrogens with zero attached hydrogens (tertiary/aromatic N) is 1. The third-order valence-corrected chi connectivity index (χ3v) is 2.84. The Morgan fingerprint density at radius 2 is 2.06 bits per heavy atom. The van der Waals surface area contributed by atoms with Crippen molar-refractivity contribution in [2.24, 2.45) is 0 Å². The second kappa shape index (κ2) is 5.38. The number of ether oxygens (including phenoxy) is 1. The molecule has 0 saturated heterocycles. The summed E-state index contributed by atoms with van der Waals surface area (Å²) in [5.74, 6) is 1.16. The first kappa shape index (κ1) is 12.9. The Morgan fingerprint density at radius 1 is 1.28 bits per heavy atom. The van der Waals surface area contributed by atoms with Gasteiger partial charge in [-0.2, -0.15) is 0 Å². The molecule has 0 saturated carbocycles. The Labute approximate surface area is 111 Å². The van der Waals surface area contributed by atoms with Crippen LogP contribution in [0.5, 0.6) is 11.6 Å². The number of aromatic nitrogens is 1. The van der Waals surface area contributed by atoms with E-state index in [0.717, 1.165) is 11.1 Å². The molecule has 0 fully saturated rings.